The number of carbonyl (C=O) groups excluding carboxylic acids is 2. The summed E-state index contributed by atoms with van der Waals surface area (Å²) in [6.07, 6.45) is 1.97. The topological polar surface area (TPSA) is 108 Å². The van der Waals surface area contributed by atoms with Crippen LogP contribution < -0.4 is 5.32 Å². The fourth-order valence-electron chi connectivity index (χ4n) is 2.24. The number of esters is 1. The van der Waals surface area contributed by atoms with Gasteiger partial charge in [-0.05, 0) is 36.7 Å². The summed E-state index contributed by atoms with van der Waals surface area (Å²) in [7, 11) is -2.05. The van der Waals surface area contributed by atoms with Gasteiger partial charge in [0.1, 0.15) is 6.61 Å². The maximum atomic E-state index is 12.6. The SMILES string of the molecule is C=CCOC(=O)CC[C@@H](CO[Si](C)(C)C(C)(C)C)NC(=O)c1ccc([N+](=O)[O-])cc1. The summed E-state index contributed by atoms with van der Waals surface area (Å²) in [6.45, 7) is 14.5. The molecule has 0 spiro atoms. The van der Waals surface area contributed by atoms with Gasteiger partial charge in [0.25, 0.3) is 11.6 Å². The first-order valence-electron chi connectivity index (χ1n) is 9.83. The lowest BCUT2D eigenvalue weighted by molar-refractivity contribution is -0.384. The molecule has 0 aliphatic heterocycles. The minimum absolute atomic E-state index is 0.00279. The first-order valence-corrected chi connectivity index (χ1v) is 12.7. The zero-order valence-corrected chi connectivity index (χ0v) is 19.4. The Bertz CT molecular complexity index is 756. The molecule has 9 heteroatoms. The average molecular weight is 437 g/mol. The van der Waals surface area contributed by atoms with Crippen LogP contribution in [0.25, 0.3) is 0 Å². The number of amides is 1. The summed E-state index contributed by atoms with van der Waals surface area (Å²) >= 11 is 0. The molecule has 0 saturated carbocycles. The fraction of sp³-hybridized carbons (Fsp3) is 0.524. The minimum Gasteiger partial charge on any atom is -0.461 e. The van der Waals surface area contributed by atoms with Gasteiger partial charge >= 0.3 is 5.97 Å². The van der Waals surface area contributed by atoms with E-state index in [1.165, 1.54) is 30.3 Å². The lowest BCUT2D eigenvalue weighted by Crippen LogP contribution is -2.46. The number of nitro groups is 1. The molecule has 8 nitrogen and oxygen atoms in total. The molecule has 0 unspecified atom stereocenters. The van der Waals surface area contributed by atoms with E-state index < -0.39 is 19.3 Å². The van der Waals surface area contributed by atoms with Crippen LogP contribution in [0.3, 0.4) is 0 Å². The van der Waals surface area contributed by atoms with Crippen LogP contribution in [0.1, 0.15) is 44.0 Å². The van der Waals surface area contributed by atoms with Crippen molar-refractivity contribution in [3.63, 3.8) is 0 Å². The summed E-state index contributed by atoms with van der Waals surface area (Å²) < 4.78 is 11.2. The van der Waals surface area contributed by atoms with Gasteiger partial charge in [0.15, 0.2) is 8.32 Å². The predicted molar refractivity (Wildman–Crippen MR) is 118 cm³/mol. The van der Waals surface area contributed by atoms with Crippen molar-refractivity contribution in [3.05, 3.63) is 52.6 Å². The zero-order valence-electron chi connectivity index (χ0n) is 18.4. The van der Waals surface area contributed by atoms with E-state index in [0.29, 0.717) is 12.0 Å². The van der Waals surface area contributed by atoms with Crippen LogP contribution in [0.5, 0.6) is 0 Å². The molecule has 0 aliphatic carbocycles. The highest BCUT2D eigenvalue weighted by atomic mass is 28.4. The quantitative estimate of drug-likeness (QED) is 0.183. The molecule has 1 aromatic rings. The van der Waals surface area contributed by atoms with Gasteiger partial charge in [-0.1, -0.05) is 33.4 Å². The smallest absolute Gasteiger partial charge is 0.306 e. The second-order valence-electron chi connectivity index (χ2n) is 8.56. The van der Waals surface area contributed by atoms with Gasteiger partial charge in [-0.15, -0.1) is 0 Å². The van der Waals surface area contributed by atoms with Gasteiger partial charge in [0, 0.05) is 24.1 Å². The number of nitro benzene ring substituents is 1. The Morgan fingerprint density at radius 3 is 2.37 bits per heavy atom. The first-order chi connectivity index (χ1) is 13.9. The van der Waals surface area contributed by atoms with Crippen LogP contribution in [0, 0.1) is 10.1 Å². The molecule has 0 aromatic heterocycles. The van der Waals surface area contributed by atoms with E-state index in [4.69, 9.17) is 9.16 Å². The maximum Gasteiger partial charge on any atom is 0.306 e. The third-order valence-electron chi connectivity index (χ3n) is 5.19. The second kappa shape index (κ2) is 11.0. The molecule has 0 aliphatic rings. The number of benzene rings is 1. The van der Waals surface area contributed by atoms with Gasteiger partial charge in [0.05, 0.1) is 17.6 Å². The molecule has 0 heterocycles. The molecule has 0 radical (unpaired) electrons. The van der Waals surface area contributed by atoms with Gasteiger partial charge in [-0.3, -0.25) is 19.7 Å². The van der Waals surface area contributed by atoms with Crippen LogP contribution in [-0.4, -0.2) is 44.4 Å². The summed E-state index contributed by atoms with van der Waals surface area (Å²) in [5.41, 5.74) is 0.210. The van der Waals surface area contributed by atoms with E-state index in [2.05, 4.69) is 45.8 Å². The van der Waals surface area contributed by atoms with E-state index in [1.54, 1.807) is 0 Å². The van der Waals surface area contributed by atoms with Crippen LogP contribution in [0.4, 0.5) is 5.69 Å². The van der Waals surface area contributed by atoms with Crippen LogP contribution in [0.2, 0.25) is 18.1 Å². The molecule has 0 saturated heterocycles. The molecule has 1 N–H and O–H groups in total. The number of ether oxygens (including phenoxy) is 1. The number of rotatable bonds is 11. The summed E-state index contributed by atoms with van der Waals surface area (Å²) in [5.74, 6) is -0.759. The van der Waals surface area contributed by atoms with E-state index in [-0.39, 0.29) is 42.2 Å². The Balaban J connectivity index is 2.84. The van der Waals surface area contributed by atoms with Gasteiger partial charge < -0.3 is 14.5 Å². The Morgan fingerprint density at radius 1 is 1.27 bits per heavy atom. The average Bonchev–Trinajstić information content (AvgIpc) is 2.67. The number of nitrogens with one attached hydrogen (secondary N) is 1. The maximum absolute atomic E-state index is 12.6. The van der Waals surface area contributed by atoms with Crippen LogP contribution >= 0.6 is 0 Å². The van der Waals surface area contributed by atoms with E-state index >= 15 is 0 Å². The Kier molecular flexibility index (Phi) is 9.38. The van der Waals surface area contributed by atoms with E-state index in [9.17, 15) is 19.7 Å². The number of hydrogen-bond acceptors (Lipinski definition) is 6. The summed E-state index contributed by atoms with van der Waals surface area (Å²) in [4.78, 5) is 34.7. The van der Waals surface area contributed by atoms with Crippen molar-refractivity contribution < 1.29 is 23.7 Å². The highest BCUT2D eigenvalue weighted by Crippen LogP contribution is 2.36. The highest BCUT2D eigenvalue weighted by molar-refractivity contribution is 6.74. The van der Waals surface area contributed by atoms with Crippen molar-refractivity contribution in [1.82, 2.24) is 5.32 Å². The van der Waals surface area contributed by atoms with Crippen molar-refractivity contribution in [1.29, 1.82) is 0 Å². The molecule has 1 amide bonds. The van der Waals surface area contributed by atoms with Crippen molar-refractivity contribution in [2.75, 3.05) is 13.2 Å². The lowest BCUT2D eigenvalue weighted by atomic mass is 10.1. The van der Waals surface area contributed by atoms with Crippen LogP contribution in [-0.2, 0) is 14.0 Å². The van der Waals surface area contributed by atoms with E-state index in [0.717, 1.165) is 0 Å². The molecule has 1 rings (SSSR count). The van der Waals surface area contributed by atoms with Gasteiger partial charge in [-0.2, -0.15) is 0 Å². The standard InChI is InChI=1S/C21H32N2O6Si/c1-7-14-28-19(24)13-10-17(15-29-30(5,6)21(2,3)4)22-20(25)16-8-11-18(12-9-16)23(26)27/h7-9,11-12,17H,1,10,13-15H2,2-6H3,(H,22,25)/t17-/m0/s1. The Hall–Kier alpha value is -2.52. The van der Waals surface area contributed by atoms with Gasteiger partial charge in [0.2, 0.25) is 0 Å². The minimum atomic E-state index is -2.05. The Morgan fingerprint density at radius 2 is 1.87 bits per heavy atom. The largest absolute Gasteiger partial charge is 0.461 e. The molecular weight excluding hydrogens is 404 g/mol. The third-order valence-corrected chi connectivity index (χ3v) is 9.69. The van der Waals surface area contributed by atoms with Gasteiger partial charge in [-0.25, -0.2) is 0 Å². The Labute approximate surface area is 178 Å². The van der Waals surface area contributed by atoms with Crippen molar-refractivity contribution in [3.8, 4) is 0 Å². The fourth-order valence-corrected chi connectivity index (χ4v) is 3.29. The zero-order chi connectivity index (χ0) is 22.9. The summed E-state index contributed by atoms with van der Waals surface area (Å²) in [6, 6.07) is 4.96. The molecule has 30 heavy (non-hydrogen) atoms. The molecular formula is C21H32N2O6Si. The molecule has 1 atom stereocenters. The molecule has 166 valence electrons. The predicted octanol–water partition coefficient (Wildman–Crippen LogP) is 4.22. The van der Waals surface area contributed by atoms with Crippen LogP contribution in [0.15, 0.2) is 36.9 Å². The molecule has 0 bridgehead atoms. The normalized spacial score (nSPS) is 12.7. The third kappa shape index (κ3) is 8.07. The lowest BCUT2D eigenvalue weighted by Gasteiger charge is -2.37. The first kappa shape index (κ1) is 25.5. The number of carbonyl (C=O) groups is 2. The van der Waals surface area contributed by atoms with E-state index in [1.807, 2.05) is 0 Å². The number of hydrogen-bond donors (Lipinski definition) is 1. The number of non-ortho nitro benzene ring substituents is 1. The number of nitrogens with zero attached hydrogens (tertiary/aromatic N) is 1. The monoisotopic (exact) mass is 436 g/mol. The second-order valence-corrected chi connectivity index (χ2v) is 13.4. The highest BCUT2D eigenvalue weighted by Gasteiger charge is 2.37. The van der Waals surface area contributed by atoms with Crippen molar-refractivity contribution >= 4 is 25.9 Å². The molecule has 0 fully saturated rings. The van der Waals surface area contributed by atoms with Crippen molar-refractivity contribution in [2.45, 2.75) is 57.8 Å². The molecule has 1 aromatic carbocycles. The summed E-state index contributed by atoms with van der Waals surface area (Å²) in [5, 5.41) is 13.7. The van der Waals surface area contributed by atoms with Crippen molar-refractivity contribution in [2.24, 2.45) is 0 Å².